The zero-order valence-corrected chi connectivity index (χ0v) is 8.35. The van der Waals surface area contributed by atoms with Gasteiger partial charge in [0.05, 0.1) is 11.8 Å². The number of methoxy groups -OCH3 is 1. The van der Waals surface area contributed by atoms with Crippen LogP contribution in [0, 0.1) is 0 Å². The van der Waals surface area contributed by atoms with Crippen LogP contribution in [-0.2, 0) is 11.8 Å². The highest BCUT2D eigenvalue weighted by atomic mass is 16.5. The number of aliphatic hydroxyl groups excluding tert-OH is 1. The molecule has 0 saturated heterocycles. The van der Waals surface area contributed by atoms with E-state index in [0.717, 1.165) is 0 Å². The second-order valence-electron chi connectivity index (χ2n) is 3.53. The first kappa shape index (κ1) is 10.1. The fourth-order valence-corrected chi connectivity index (χ4v) is 0.958. The van der Waals surface area contributed by atoms with Gasteiger partial charge in [-0.1, -0.05) is 5.21 Å². The minimum atomic E-state index is -0.758. The Morgan fingerprint density at radius 3 is 2.62 bits per heavy atom. The van der Waals surface area contributed by atoms with Crippen molar-refractivity contribution in [2.24, 2.45) is 7.05 Å². The topological polar surface area (TPSA) is 60.2 Å². The van der Waals surface area contributed by atoms with Crippen LogP contribution in [0.5, 0.6) is 0 Å². The average Bonchev–Trinajstić information content (AvgIpc) is 2.50. The summed E-state index contributed by atoms with van der Waals surface area (Å²) in [7, 11) is 3.31. The van der Waals surface area contributed by atoms with Gasteiger partial charge in [0.25, 0.3) is 0 Å². The van der Waals surface area contributed by atoms with Gasteiger partial charge in [-0.15, -0.1) is 5.10 Å². The summed E-state index contributed by atoms with van der Waals surface area (Å²) < 4.78 is 6.68. The average molecular weight is 185 g/mol. The molecule has 1 atom stereocenters. The maximum Gasteiger partial charge on any atom is 0.128 e. The number of ether oxygens (including phenoxy) is 1. The Bertz CT molecular complexity index is 283. The van der Waals surface area contributed by atoms with E-state index < -0.39 is 11.7 Å². The molecule has 74 valence electrons. The van der Waals surface area contributed by atoms with Gasteiger partial charge in [-0.2, -0.15) is 0 Å². The van der Waals surface area contributed by atoms with E-state index in [1.54, 1.807) is 38.9 Å². The van der Waals surface area contributed by atoms with Crippen LogP contribution < -0.4 is 0 Å². The van der Waals surface area contributed by atoms with Gasteiger partial charge in [0.2, 0.25) is 0 Å². The van der Waals surface area contributed by atoms with E-state index in [2.05, 4.69) is 10.3 Å². The van der Waals surface area contributed by atoms with Gasteiger partial charge in [-0.3, -0.25) is 4.68 Å². The van der Waals surface area contributed by atoms with Crippen LogP contribution in [0.4, 0.5) is 0 Å². The number of aryl methyl sites for hydroxylation is 1. The summed E-state index contributed by atoms with van der Waals surface area (Å²) in [4.78, 5) is 0. The SMILES string of the molecule is COC(C)(C)C(O)c1cn(C)nn1. The predicted octanol–water partition coefficient (Wildman–Crippen LogP) is 0.273. The summed E-state index contributed by atoms with van der Waals surface area (Å²) in [5, 5.41) is 17.4. The van der Waals surface area contributed by atoms with Crippen molar-refractivity contribution in [3.05, 3.63) is 11.9 Å². The zero-order valence-electron chi connectivity index (χ0n) is 8.35. The molecule has 0 spiro atoms. The molecular formula is C8H15N3O2. The molecule has 1 rings (SSSR count). The molecule has 0 fully saturated rings. The molecule has 1 aromatic rings. The normalized spacial score (nSPS) is 14.5. The minimum absolute atomic E-state index is 0.523. The van der Waals surface area contributed by atoms with Crippen molar-refractivity contribution < 1.29 is 9.84 Å². The van der Waals surface area contributed by atoms with E-state index in [-0.39, 0.29) is 0 Å². The summed E-state index contributed by atoms with van der Waals surface area (Å²) in [6.07, 6.45) is 0.914. The molecule has 0 aromatic carbocycles. The Hall–Kier alpha value is -0.940. The summed E-state index contributed by atoms with van der Waals surface area (Å²) in [6.45, 7) is 3.60. The maximum absolute atomic E-state index is 9.82. The van der Waals surface area contributed by atoms with Gasteiger partial charge in [0.15, 0.2) is 0 Å². The maximum atomic E-state index is 9.82. The molecule has 1 heterocycles. The van der Waals surface area contributed by atoms with Crippen molar-refractivity contribution in [3.8, 4) is 0 Å². The lowest BCUT2D eigenvalue weighted by Crippen LogP contribution is -2.31. The van der Waals surface area contributed by atoms with Gasteiger partial charge in [0, 0.05) is 14.2 Å². The molecule has 0 aliphatic rings. The third-order valence-corrected chi connectivity index (χ3v) is 2.09. The molecule has 13 heavy (non-hydrogen) atoms. The number of rotatable bonds is 3. The van der Waals surface area contributed by atoms with Crippen LogP contribution >= 0.6 is 0 Å². The molecule has 0 radical (unpaired) electrons. The third-order valence-electron chi connectivity index (χ3n) is 2.09. The lowest BCUT2D eigenvalue weighted by Gasteiger charge is -2.27. The molecule has 0 aliphatic carbocycles. The second kappa shape index (κ2) is 3.43. The van der Waals surface area contributed by atoms with Crippen LogP contribution in [0.25, 0.3) is 0 Å². The first-order chi connectivity index (χ1) is 5.97. The Balaban J connectivity index is 2.84. The monoisotopic (exact) mass is 185 g/mol. The van der Waals surface area contributed by atoms with Gasteiger partial charge in [-0.25, -0.2) is 0 Å². The first-order valence-corrected chi connectivity index (χ1v) is 4.07. The van der Waals surface area contributed by atoms with Crippen LogP contribution in [0.15, 0.2) is 6.20 Å². The Morgan fingerprint density at radius 2 is 2.23 bits per heavy atom. The largest absolute Gasteiger partial charge is 0.384 e. The number of hydrogen-bond donors (Lipinski definition) is 1. The smallest absolute Gasteiger partial charge is 0.128 e. The number of hydrogen-bond acceptors (Lipinski definition) is 4. The molecule has 0 bridgehead atoms. The molecule has 1 N–H and O–H groups in total. The quantitative estimate of drug-likeness (QED) is 0.734. The van der Waals surface area contributed by atoms with Crippen molar-refractivity contribution >= 4 is 0 Å². The van der Waals surface area contributed by atoms with Crippen molar-refractivity contribution in [1.82, 2.24) is 15.0 Å². The summed E-state index contributed by atoms with van der Waals surface area (Å²) in [5.41, 5.74) is -0.120. The fourth-order valence-electron chi connectivity index (χ4n) is 0.958. The number of nitrogens with zero attached hydrogens (tertiary/aromatic N) is 3. The lowest BCUT2D eigenvalue weighted by atomic mass is 9.99. The number of aromatic nitrogens is 3. The Labute approximate surface area is 77.3 Å². The Morgan fingerprint density at radius 1 is 1.62 bits per heavy atom. The van der Waals surface area contributed by atoms with Crippen LogP contribution in [0.3, 0.4) is 0 Å². The minimum Gasteiger partial charge on any atom is -0.384 e. The van der Waals surface area contributed by atoms with Crippen molar-refractivity contribution in [2.75, 3.05) is 7.11 Å². The van der Waals surface area contributed by atoms with E-state index in [1.807, 2.05) is 0 Å². The first-order valence-electron chi connectivity index (χ1n) is 4.07. The standard InChI is InChI=1S/C8H15N3O2/c1-8(2,13-4)7(12)6-5-11(3)10-9-6/h5,7,12H,1-4H3. The summed E-state index contributed by atoms with van der Waals surface area (Å²) in [6, 6.07) is 0. The fraction of sp³-hybridized carbons (Fsp3) is 0.750. The van der Waals surface area contributed by atoms with Gasteiger partial charge < -0.3 is 9.84 Å². The summed E-state index contributed by atoms with van der Waals surface area (Å²) in [5.74, 6) is 0. The predicted molar refractivity (Wildman–Crippen MR) is 47.1 cm³/mol. The molecule has 0 aliphatic heterocycles. The Kier molecular flexibility index (Phi) is 2.68. The highest BCUT2D eigenvalue weighted by Crippen LogP contribution is 2.25. The highest BCUT2D eigenvalue weighted by Gasteiger charge is 2.30. The molecular weight excluding hydrogens is 170 g/mol. The highest BCUT2D eigenvalue weighted by molar-refractivity contribution is 5.03. The molecule has 1 unspecified atom stereocenters. The van der Waals surface area contributed by atoms with Gasteiger partial charge >= 0.3 is 0 Å². The molecule has 5 heteroatoms. The second-order valence-corrected chi connectivity index (χ2v) is 3.53. The van der Waals surface area contributed by atoms with Gasteiger partial charge in [0.1, 0.15) is 11.8 Å². The van der Waals surface area contributed by atoms with E-state index in [1.165, 1.54) is 0 Å². The third kappa shape index (κ3) is 2.05. The van der Waals surface area contributed by atoms with Crippen LogP contribution in [-0.4, -0.2) is 32.8 Å². The summed E-state index contributed by atoms with van der Waals surface area (Å²) >= 11 is 0. The molecule has 1 aromatic heterocycles. The number of aliphatic hydroxyl groups is 1. The van der Waals surface area contributed by atoms with Crippen LogP contribution in [0.2, 0.25) is 0 Å². The van der Waals surface area contributed by atoms with Gasteiger partial charge in [-0.05, 0) is 13.8 Å². The van der Waals surface area contributed by atoms with E-state index >= 15 is 0 Å². The van der Waals surface area contributed by atoms with E-state index in [4.69, 9.17) is 4.74 Å². The zero-order chi connectivity index (χ0) is 10.1. The van der Waals surface area contributed by atoms with Crippen molar-refractivity contribution in [1.29, 1.82) is 0 Å². The lowest BCUT2D eigenvalue weighted by molar-refractivity contribution is -0.0810. The van der Waals surface area contributed by atoms with Crippen molar-refractivity contribution in [2.45, 2.75) is 25.6 Å². The van der Waals surface area contributed by atoms with Crippen molar-refractivity contribution in [3.63, 3.8) is 0 Å². The molecule has 0 amide bonds. The van der Waals surface area contributed by atoms with E-state index in [9.17, 15) is 5.11 Å². The molecule has 0 saturated carbocycles. The molecule has 5 nitrogen and oxygen atoms in total. The van der Waals surface area contributed by atoms with E-state index in [0.29, 0.717) is 5.69 Å². The van der Waals surface area contributed by atoms with Crippen LogP contribution in [0.1, 0.15) is 25.6 Å².